The van der Waals surface area contributed by atoms with Gasteiger partial charge < -0.3 is 15.8 Å². The Hall–Kier alpha value is -2.01. The van der Waals surface area contributed by atoms with Crippen molar-refractivity contribution in [1.29, 1.82) is 0 Å². The van der Waals surface area contributed by atoms with Crippen LogP contribution in [0.4, 0.5) is 11.4 Å². The van der Waals surface area contributed by atoms with Crippen LogP contribution in [0.2, 0.25) is 0 Å². The van der Waals surface area contributed by atoms with Gasteiger partial charge in [-0.2, -0.15) is 0 Å². The first-order valence-electron chi connectivity index (χ1n) is 5.41. The van der Waals surface area contributed by atoms with Gasteiger partial charge in [-0.05, 0) is 42.1 Å². The Morgan fingerprint density at radius 3 is 2.72 bits per heavy atom. The summed E-state index contributed by atoms with van der Waals surface area (Å²) in [6, 6.07) is 7.09. The van der Waals surface area contributed by atoms with Crippen molar-refractivity contribution in [2.45, 2.75) is 6.92 Å². The van der Waals surface area contributed by atoms with E-state index in [4.69, 9.17) is 10.5 Å². The molecule has 0 aliphatic rings. The minimum atomic E-state index is -0.118. The number of amides is 1. The fourth-order valence-electron chi connectivity index (χ4n) is 1.61. The number of carbonyl (C=O) groups is 1. The van der Waals surface area contributed by atoms with Gasteiger partial charge in [0.15, 0.2) is 0 Å². The zero-order valence-corrected chi connectivity index (χ0v) is 11.0. The van der Waals surface area contributed by atoms with E-state index < -0.39 is 0 Å². The van der Waals surface area contributed by atoms with Crippen LogP contribution in [0.15, 0.2) is 29.6 Å². The molecule has 0 bridgehead atoms. The smallest absolute Gasteiger partial charge is 0.265 e. The van der Waals surface area contributed by atoms with Crippen molar-refractivity contribution >= 4 is 28.6 Å². The van der Waals surface area contributed by atoms with Crippen molar-refractivity contribution < 1.29 is 9.53 Å². The largest absolute Gasteiger partial charge is 0.495 e. The molecule has 0 saturated carbocycles. The number of methoxy groups -OCH3 is 1. The second kappa shape index (κ2) is 5.10. The first kappa shape index (κ1) is 12.4. The maximum absolute atomic E-state index is 12.0. The zero-order chi connectivity index (χ0) is 13.1. The van der Waals surface area contributed by atoms with E-state index in [2.05, 4.69) is 5.32 Å². The number of carbonyl (C=O) groups excluding carboxylic acids is 1. The topological polar surface area (TPSA) is 64.3 Å². The number of hydrogen-bond acceptors (Lipinski definition) is 4. The average Bonchev–Trinajstić information content (AvgIpc) is 2.76. The molecule has 0 aliphatic carbocycles. The van der Waals surface area contributed by atoms with E-state index in [1.807, 2.05) is 18.4 Å². The van der Waals surface area contributed by atoms with Crippen molar-refractivity contribution in [2.24, 2.45) is 0 Å². The van der Waals surface area contributed by atoms with Crippen LogP contribution in [0.25, 0.3) is 0 Å². The third kappa shape index (κ3) is 2.46. The van der Waals surface area contributed by atoms with Crippen molar-refractivity contribution in [3.8, 4) is 5.75 Å². The lowest BCUT2D eigenvalue weighted by atomic mass is 10.2. The summed E-state index contributed by atoms with van der Waals surface area (Å²) in [7, 11) is 1.55. The molecule has 1 heterocycles. The molecule has 1 aromatic carbocycles. The van der Waals surface area contributed by atoms with E-state index in [0.29, 0.717) is 22.0 Å². The van der Waals surface area contributed by atoms with Crippen molar-refractivity contribution in [3.63, 3.8) is 0 Å². The van der Waals surface area contributed by atoms with Crippen LogP contribution in [0, 0.1) is 6.92 Å². The quantitative estimate of drug-likeness (QED) is 0.836. The van der Waals surface area contributed by atoms with Crippen molar-refractivity contribution in [2.75, 3.05) is 18.2 Å². The Balaban J connectivity index is 2.17. The highest BCUT2D eigenvalue weighted by Gasteiger charge is 2.11. The van der Waals surface area contributed by atoms with Gasteiger partial charge in [-0.1, -0.05) is 0 Å². The van der Waals surface area contributed by atoms with E-state index in [0.717, 1.165) is 5.56 Å². The van der Waals surface area contributed by atoms with Gasteiger partial charge in [0.2, 0.25) is 0 Å². The Labute approximate surface area is 109 Å². The predicted molar refractivity (Wildman–Crippen MR) is 74.4 cm³/mol. The number of ether oxygens (including phenoxy) is 1. The first-order valence-corrected chi connectivity index (χ1v) is 6.28. The summed E-state index contributed by atoms with van der Waals surface area (Å²) in [5.41, 5.74) is 7.91. The third-order valence-corrected chi connectivity index (χ3v) is 3.57. The van der Waals surface area contributed by atoms with Gasteiger partial charge in [0.1, 0.15) is 5.75 Å². The van der Waals surface area contributed by atoms with Gasteiger partial charge in [0.25, 0.3) is 5.91 Å². The highest BCUT2D eigenvalue weighted by Crippen LogP contribution is 2.25. The number of anilines is 2. The monoisotopic (exact) mass is 262 g/mol. The van der Waals surface area contributed by atoms with Crippen LogP contribution in [0.3, 0.4) is 0 Å². The maximum Gasteiger partial charge on any atom is 0.265 e. The maximum atomic E-state index is 12.0. The van der Waals surface area contributed by atoms with Crippen LogP contribution >= 0.6 is 11.3 Å². The molecule has 0 atom stereocenters. The summed E-state index contributed by atoms with van der Waals surface area (Å²) in [5, 5.41) is 4.71. The van der Waals surface area contributed by atoms with Gasteiger partial charge in [-0.3, -0.25) is 4.79 Å². The lowest BCUT2D eigenvalue weighted by molar-refractivity contribution is 0.103. The van der Waals surface area contributed by atoms with Gasteiger partial charge in [-0.25, -0.2) is 0 Å². The molecule has 0 spiro atoms. The van der Waals surface area contributed by atoms with E-state index in [9.17, 15) is 4.79 Å². The summed E-state index contributed by atoms with van der Waals surface area (Å²) in [6.07, 6.45) is 0. The molecule has 0 aliphatic heterocycles. The molecule has 0 fully saturated rings. The minimum Gasteiger partial charge on any atom is -0.495 e. The molecule has 2 rings (SSSR count). The summed E-state index contributed by atoms with van der Waals surface area (Å²) in [4.78, 5) is 12.7. The molecule has 1 amide bonds. The summed E-state index contributed by atoms with van der Waals surface area (Å²) in [6.45, 7) is 1.91. The standard InChI is InChI=1S/C13H14N2O2S/c1-8-5-6-18-12(8)13(16)15-9-3-4-11(17-2)10(14)7-9/h3-7H,14H2,1-2H3,(H,15,16). The van der Waals surface area contributed by atoms with Gasteiger partial charge in [0.05, 0.1) is 17.7 Å². The normalized spacial score (nSPS) is 10.1. The number of nitrogen functional groups attached to an aromatic ring is 1. The van der Waals surface area contributed by atoms with E-state index >= 15 is 0 Å². The molecule has 2 aromatic rings. The number of rotatable bonds is 3. The highest BCUT2D eigenvalue weighted by molar-refractivity contribution is 7.12. The second-order valence-electron chi connectivity index (χ2n) is 3.84. The lowest BCUT2D eigenvalue weighted by Crippen LogP contribution is -2.11. The third-order valence-electron chi connectivity index (χ3n) is 2.56. The Morgan fingerprint density at radius 2 is 2.17 bits per heavy atom. The zero-order valence-electron chi connectivity index (χ0n) is 10.2. The summed E-state index contributed by atoms with van der Waals surface area (Å²) < 4.78 is 5.06. The molecule has 0 radical (unpaired) electrons. The summed E-state index contributed by atoms with van der Waals surface area (Å²) >= 11 is 1.42. The molecular formula is C13H14N2O2S. The number of benzene rings is 1. The average molecular weight is 262 g/mol. The van der Waals surface area contributed by atoms with Crippen LogP contribution in [0.1, 0.15) is 15.2 Å². The van der Waals surface area contributed by atoms with E-state index in [1.54, 1.807) is 25.3 Å². The predicted octanol–water partition coefficient (Wildman–Crippen LogP) is 2.90. The van der Waals surface area contributed by atoms with Gasteiger partial charge in [0, 0.05) is 5.69 Å². The Kier molecular flexibility index (Phi) is 3.53. The molecule has 4 nitrogen and oxygen atoms in total. The van der Waals surface area contributed by atoms with Gasteiger partial charge >= 0.3 is 0 Å². The van der Waals surface area contributed by atoms with Crippen LogP contribution < -0.4 is 15.8 Å². The van der Waals surface area contributed by atoms with E-state index in [-0.39, 0.29) is 5.91 Å². The van der Waals surface area contributed by atoms with Crippen LogP contribution in [0.5, 0.6) is 5.75 Å². The van der Waals surface area contributed by atoms with Gasteiger partial charge in [-0.15, -0.1) is 11.3 Å². The fraction of sp³-hybridized carbons (Fsp3) is 0.154. The number of nitrogens with two attached hydrogens (primary N) is 1. The second-order valence-corrected chi connectivity index (χ2v) is 4.76. The Morgan fingerprint density at radius 1 is 1.39 bits per heavy atom. The molecule has 0 unspecified atom stereocenters. The fourth-order valence-corrected chi connectivity index (χ4v) is 2.43. The molecule has 1 aromatic heterocycles. The highest BCUT2D eigenvalue weighted by atomic mass is 32.1. The molecule has 18 heavy (non-hydrogen) atoms. The molecule has 5 heteroatoms. The van der Waals surface area contributed by atoms with Crippen LogP contribution in [-0.2, 0) is 0 Å². The number of aryl methyl sites for hydroxylation is 1. The Bertz CT molecular complexity index is 578. The van der Waals surface area contributed by atoms with Crippen LogP contribution in [-0.4, -0.2) is 13.0 Å². The minimum absolute atomic E-state index is 0.118. The molecule has 3 N–H and O–H groups in total. The molecule has 0 saturated heterocycles. The van der Waals surface area contributed by atoms with E-state index in [1.165, 1.54) is 11.3 Å². The molecule has 94 valence electrons. The summed E-state index contributed by atoms with van der Waals surface area (Å²) in [5.74, 6) is 0.479. The van der Waals surface area contributed by atoms with Crippen molar-refractivity contribution in [1.82, 2.24) is 0 Å². The first-order chi connectivity index (χ1) is 8.61. The molecular weight excluding hydrogens is 248 g/mol. The number of thiophene rings is 1. The van der Waals surface area contributed by atoms with Crippen molar-refractivity contribution in [3.05, 3.63) is 40.1 Å². The number of hydrogen-bond donors (Lipinski definition) is 2. The SMILES string of the molecule is COc1ccc(NC(=O)c2sccc2C)cc1N. The lowest BCUT2D eigenvalue weighted by Gasteiger charge is -2.08. The number of nitrogens with one attached hydrogen (secondary N) is 1.